The van der Waals surface area contributed by atoms with Crippen molar-refractivity contribution >= 4 is 12.6 Å². The second-order valence-electron chi connectivity index (χ2n) is 8.51. The highest BCUT2D eigenvalue weighted by Crippen LogP contribution is 2.36. The predicted molar refractivity (Wildman–Crippen MR) is 99.6 cm³/mol. The molecule has 1 N–H and O–H groups in total. The lowest BCUT2D eigenvalue weighted by molar-refractivity contribution is 0.00578. The summed E-state index contributed by atoms with van der Waals surface area (Å²) in [4.78, 5) is 2.55. The van der Waals surface area contributed by atoms with E-state index in [0.717, 1.165) is 31.6 Å². The first kappa shape index (κ1) is 17.9. The van der Waals surface area contributed by atoms with Gasteiger partial charge in [0, 0.05) is 31.7 Å². The van der Waals surface area contributed by atoms with Crippen molar-refractivity contribution in [2.45, 2.75) is 58.3 Å². The lowest BCUT2D eigenvalue weighted by Crippen LogP contribution is -2.51. The Morgan fingerprint density at radius 2 is 1.46 bits per heavy atom. The van der Waals surface area contributed by atoms with Crippen LogP contribution >= 0.6 is 0 Å². The molecule has 0 saturated carbocycles. The molecule has 0 aliphatic carbocycles. The highest BCUT2D eigenvalue weighted by Gasteiger charge is 2.51. The standard InChI is InChI=1S/C19H31BN2O2/c1-17(2,22-13-11-21-12-14-22)15-7-9-16(10-8-15)20-23-18(3,4)19(5,6)24-20/h7-10,21H,11-14H2,1-6H3. The molecule has 0 radical (unpaired) electrons. The van der Waals surface area contributed by atoms with E-state index in [2.05, 4.69) is 76.0 Å². The van der Waals surface area contributed by atoms with Gasteiger partial charge in [-0.3, -0.25) is 4.90 Å². The van der Waals surface area contributed by atoms with Gasteiger partial charge in [-0.05, 0) is 52.6 Å². The van der Waals surface area contributed by atoms with Crippen molar-refractivity contribution in [2.24, 2.45) is 0 Å². The largest absolute Gasteiger partial charge is 0.494 e. The summed E-state index contributed by atoms with van der Waals surface area (Å²) >= 11 is 0. The van der Waals surface area contributed by atoms with E-state index in [1.165, 1.54) is 5.56 Å². The maximum atomic E-state index is 6.15. The van der Waals surface area contributed by atoms with E-state index in [0.29, 0.717) is 0 Å². The van der Waals surface area contributed by atoms with E-state index < -0.39 is 0 Å². The third-order valence-corrected chi connectivity index (χ3v) is 6.05. The van der Waals surface area contributed by atoms with Gasteiger partial charge in [-0.25, -0.2) is 0 Å². The van der Waals surface area contributed by atoms with Crippen molar-refractivity contribution in [3.63, 3.8) is 0 Å². The third-order valence-electron chi connectivity index (χ3n) is 6.05. The first-order chi connectivity index (χ1) is 11.1. The average Bonchev–Trinajstić information content (AvgIpc) is 2.76. The summed E-state index contributed by atoms with van der Waals surface area (Å²) in [6.07, 6.45) is 0. The molecule has 0 spiro atoms. The summed E-state index contributed by atoms with van der Waals surface area (Å²) in [5, 5.41) is 3.43. The summed E-state index contributed by atoms with van der Waals surface area (Å²) in [6.45, 7) is 17.3. The van der Waals surface area contributed by atoms with E-state index in [-0.39, 0.29) is 23.9 Å². The van der Waals surface area contributed by atoms with Crippen molar-refractivity contribution in [1.82, 2.24) is 10.2 Å². The van der Waals surface area contributed by atoms with Crippen LogP contribution in [0, 0.1) is 0 Å². The molecule has 1 aromatic rings. The minimum absolute atomic E-state index is 0.0383. The highest BCUT2D eigenvalue weighted by atomic mass is 16.7. The van der Waals surface area contributed by atoms with Crippen LogP contribution in [0.2, 0.25) is 0 Å². The fraction of sp³-hybridized carbons (Fsp3) is 0.684. The molecule has 0 atom stereocenters. The second kappa shape index (κ2) is 6.13. The maximum absolute atomic E-state index is 6.15. The summed E-state index contributed by atoms with van der Waals surface area (Å²) in [5.41, 5.74) is 1.88. The normalized spacial score (nSPS) is 24.3. The number of hydrogen-bond acceptors (Lipinski definition) is 4. The van der Waals surface area contributed by atoms with E-state index >= 15 is 0 Å². The molecule has 5 heteroatoms. The molecule has 3 rings (SSSR count). The monoisotopic (exact) mass is 330 g/mol. The zero-order valence-corrected chi connectivity index (χ0v) is 16.0. The fourth-order valence-corrected chi connectivity index (χ4v) is 3.43. The van der Waals surface area contributed by atoms with Crippen molar-refractivity contribution in [2.75, 3.05) is 26.2 Å². The zero-order chi connectivity index (χ0) is 17.6. The third kappa shape index (κ3) is 3.15. The summed E-state index contributed by atoms with van der Waals surface area (Å²) in [5.74, 6) is 0. The molecule has 2 aliphatic rings. The molecule has 2 heterocycles. The SMILES string of the molecule is CC(C)(c1ccc(B2OC(C)(C)C(C)(C)O2)cc1)N1CCNCC1. The molecule has 24 heavy (non-hydrogen) atoms. The van der Waals surface area contributed by atoms with E-state index in [9.17, 15) is 0 Å². The van der Waals surface area contributed by atoms with Crippen molar-refractivity contribution < 1.29 is 9.31 Å². The fourth-order valence-electron chi connectivity index (χ4n) is 3.43. The Labute approximate surface area is 147 Å². The van der Waals surface area contributed by atoms with Gasteiger partial charge in [0.15, 0.2) is 0 Å². The Bertz CT molecular complexity index is 562. The Hall–Kier alpha value is -0.875. The van der Waals surface area contributed by atoms with Crippen molar-refractivity contribution in [3.8, 4) is 0 Å². The molecular weight excluding hydrogens is 299 g/mol. The smallest absolute Gasteiger partial charge is 0.399 e. The highest BCUT2D eigenvalue weighted by molar-refractivity contribution is 6.62. The summed E-state index contributed by atoms with van der Waals surface area (Å²) in [6, 6.07) is 8.76. The number of nitrogens with one attached hydrogen (secondary N) is 1. The van der Waals surface area contributed by atoms with Crippen LogP contribution in [-0.2, 0) is 14.8 Å². The maximum Gasteiger partial charge on any atom is 0.494 e. The van der Waals surface area contributed by atoms with Gasteiger partial charge in [0.25, 0.3) is 0 Å². The second-order valence-corrected chi connectivity index (χ2v) is 8.51. The first-order valence-electron chi connectivity index (χ1n) is 9.05. The Kier molecular flexibility index (Phi) is 4.58. The first-order valence-corrected chi connectivity index (χ1v) is 9.05. The molecule has 2 fully saturated rings. The van der Waals surface area contributed by atoms with Crippen LogP contribution in [0.25, 0.3) is 0 Å². The molecule has 0 unspecified atom stereocenters. The molecule has 2 saturated heterocycles. The number of piperazine rings is 1. The Morgan fingerprint density at radius 3 is 1.96 bits per heavy atom. The molecule has 132 valence electrons. The molecule has 4 nitrogen and oxygen atoms in total. The van der Waals surface area contributed by atoms with Crippen LogP contribution in [0.5, 0.6) is 0 Å². The topological polar surface area (TPSA) is 33.7 Å². The number of hydrogen-bond donors (Lipinski definition) is 1. The van der Waals surface area contributed by atoms with Gasteiger partial charge in [0.05, 0.1) is 11.2 Å². The minimum Gasteiger partial charge on any atom is -0.399 e. The number of nitrogens with zero attached hydrogens (tertiary/aromatic N) is 1. The van der Waals surface area contributed by atoms with Crippen LogP contribution in [0.3, 0.4) is 0 Å². The lowest BCUT2D eigenvalue weighted by atomic mass is 9.77. The van der Waals surface area contributed by atoms with Crippen LogP contribution in [0.15, 0.2) is 24.3 Å². The molecule has 1 aromatic carbocycles. The van der Waals surface area contributed by atoms with Gasteiger partial charge < -0.3 is 14.6 Å². The molecule has 0 bridgehead atoms. The van der Waals surface area contributed by atoms with Crippen molar-refractivity contribution in [1.29, 1.82) is 0 Å². The van der Waals surface area contributed by atoms with E-state index in [1.807, 2.05) is 0 Å². The van der Waals surface area contributed by atoms with E-state index in [1.54, 1.807) is 0 Å². The van der Waals surface area contributed by atoms with Crippen LogP contribution in [-0.4, -0.2) is 49.4 Å². The van der Waals surface area contributed by atoms with Crippen LogP contribution in [0.1, 0.15) is 47.1 Å². The van der Waals surface area contributed by atoms with Crippen molar-refractivity contribution in [3.05, 3.63) is 29.8 Å². The van der Waals surface area contributed by atoms with Gasteiger partial charge >= 0.3 is 7.12 Å². The van der Waals surface area contributed by atoms with Crippen LogP contribution < -0.4 is 10.8 Å². The lowest BCUT2D eigenvalue weighted by Gasteiger charge is -2.41. The quantitative estimate of drug-likeness (QED) is 0.861. The Balaban J connectivity index is 1.76. The minimum atomic E-state index is -0.295. The predicted octanol–water partition coefficient (Wildman–Crippen LogP) is 2.13. The van der Waals surface area contributed by atoms with Gasteiger partial charge in [-0.2, -0.15) is 0 Å². The summed E-state index contributed by atoms with van der Waals surface area (Å²) in [7, 11) is -0.286. The molecule has 2 aliphatic heterocycles. The van der Waals surface area contributed by atoms with Gasteiger partial charge in [-0.15, -0.1) is 0 Å². The van der Waals surface area contributed by atoms with Gasteiger partial charge in [0.1, 0.15) is 0 Å². The number of benzene rings is 1. The molecule has 0 amide bonds. The van der Waals surface area contributed by atoms with E-state index in [4.69, 9.17) is 9.31 Å². The average molecular weight is 330 g/mol. The van der Waals surface area contributed by atoms with Crippen LogP contribution in [0.4, 0.5) is 0 Å². The molecular formula is C19H31BN2O2. The molecule has 0 aromatic heterocycles. The Morgan fingerprint density at radius 1 is 0.958 bits per heavy atom. The summed E-state index contributed by atoms with van der Waals surface area (Å²) < 4.78 is 12.3. The van der Waals surface area contributed by atoms with Gasteiger partial charge in [-0.1, -0.05) is 24.3 Å². The zero-order valence-electron chi connectivity index (χ0n) is 16.0. The van der Waals surface area contributed by atoms with Gasteiger partial charge in [0.2, 0.25) is 0 Å². The number of rotatable bonds is 3.